The number of aryl methyl sites for hydroxylation is 2. The second-order valence-electron chi connectivity index (χ2n) is 6.39. The minimum Gasteiger partial charge on any atom is -1.00 e. The van der Waals surface area contributed by atoms with Gasteiger partial charge in [0.1, 0.15) is 0 Å². The van der Waals surface area contributed by atoms with Gasteiger partial charge in [0.15, 0.2) is 0 Å². The average Bonchev–Trinajstić information content (AvgIpc) is 3.22. The van der Waals surface area contributed by atoms with Gasteiger partial charge in [-0.2, -0.15) is 12.1 Å². The second-order valence-corrected chi connectivity index (χ2v) is 6.39. The van der Waals surface area contributed by atoms with Crippen molar-refractivity contribution in [3.05, 3.63) is 83.9 Å². The van der Waals surface area contributed by atoms with Gasteiger partial charge in [0, 0.05) is 0 Å². The monoisotopic (exact) mass is 474 g/mol. The first-order chi connectivity index (χ1) is 11.8. The molecule has 0 aromatic heterocycles. The fourth-order valence-corrected chi connectivity index (χ4v) is 3.40. The molecule has 0 aliphatic heterocycles. The van der Waals surface area contributed by atoms with Crippen molar-refractivity contribution in [1.82, 2.24) is 0 Å². The summed E-state index contributed by atoms with van der Waals surface area (Å²) in [5.74, 6) is 0. The first-order valence-corrected chi connectivity index (χ1v) is 9.10. The molecule has 0 unspecified atom stereocenters. The van der Waals surface area contributed by atoms with Gasteiger partial charge in [0.05, 0.1) is 0 Å². The predicted molar refractivity (Wildman–Crippen MR) is 107 cm³/mol. The van der Waals surface area contributed by atoms with E-state index in [2.05, 4.69) is 86.6 Å². The van der Waals surface area contributed by atoms with Crippen LogP contribution in [0.3, 0.4) is 0 Å². The van der Waals surface area contributed by atoms with E-state index in [0.29, 0.717) is 0 Å². The van der Waals surface area contributed by atoms with E-state index in [1.54, 1.807) is 0 Å². The zero-order chi connectivity index (χ0) is 16.8. The molecule has 0 nitrogen and oxygen atoms in total. The van der Waals surface area contributed by atoms with Crippen LogP contribution in [-0.4, -0.2) is 0 Å². The molecule has 0 fully saturated rings. The normalized spacial score (nSPS) is 9.56. The fourth-order valence-electron chi connectivity index (χ4n) is 3.40. The summed E-state index contributed by atoms with van der Waals surface area (Å²) in [7, 11) is 0. The third-order valence-electron chi connectivity index (χ3n) is 4.58. The number of hydrogen-bond acceptors (Lipinski definition) is 0. The largest absolute Gasteiger partial charge is 4.00 e. The third kappa shape index (κ3) is 6.60. The quantitative estimate of drug-likeness (QED) is 0.386. The summed E-state index contributed by atoms with van der Waals surface area (Å²) in [5, 5.41) is 5.61. The van der Waals surface area contributed by atoms with Gasteiger partial charge in [-0.1, -0.05) is 51.7 Å². The summed E-state index contributed by atoms with van der Waals surface area (Å²) >= 11 is 0. The van der Waals surface area contributed by atoms with Crippen LogP contribution in [0.4, 0.5) is 0 Å². The third-order valence-corrected chi connectivity index (χ3v) is 4.58. The van der Waals surface area contributed by atoms with Crippen LogP contribution in [0, 0.1) is 0 Å². The first-order valence-electron chi connectivity index (χ1n) is 9.10. The molecule has 0 amide bonds. The Kier molecular flexibility index (Phi) is 12.9. The smallest absolute Gasteiger partial charge is 1.00 e. The molecule has 4 rings (SSSR count). The molecule has 0 bridgehead atoms. The maximum absolute atomic E-state index is 2.24. The van der Waals surface area contributed by atoms with Crippen molar-refractivity contribution in [3.8, 4) is 0 Å². The van der Waals surface area contributed by atoms with Gasteiger partial charge in [-0.15, -0.1) is 81.2 Å². The van der Waals surface area contributed by atoms with E-state index < -0.39 is 0 Å². The zero-order valence-electron chi connectivity index (χ0n) is 16.0. The van der Waals surface area contributed by atoms with E-state index in [1.165, 1.54) is 58.4 Å². The standard InChI is InChI=1S/2C12H13.2ClH.Zr/c2*1-2-5-10-8-9-11-6-3-4-7-12(10)11;;;/h2*3-4,6-9H,2,5H2,1H3;2*1H;/q2*-1;;;+4/p-2. The summed E-state index contributed by atoms with van der Waals surface area (Å²) in [6, 6.07) is 26.1. The van der Waals surface area contributed by atoms with Crippen molar-refractivity contribution in [2.24, 2.45) is 0 Å². The summed E-state index contributed by atoms with van der Waals surface area (Å²) in [4.78, 5) is 0. The van der Waals surface area contributed by atoms with Crippen molar-refractivity contribution in [3.63, 3.8) is 0 Å². The van der Waals surface area contributed by atoms with Crippen LogP contribution in [0.25, 0.3) is 21.5 Å². The molecule has 0 aliphatic carbocycles. The van der Waals surface area contributed by atoms with Crippen molar-refractivity contribution in [2.75, 3.05) is 0 Å². The zero-order valence-corrected chi connectivity index (χ0v) is 20.0. The Hall–Kier alpha value is -0.877. The van der Waals surface area contributed by atoms with Crippen LogP contribution < -0.4 is 24.8 Å². The summed E-state index contributed by atoms with van der Waals surface area (Å²) in [5.41, 5.74) is 2.99. The Labute approximate surface area is 195 Å². The number of halogens is 2. The summed E-state index contributed by atoms with van der Waals surface area (Å²) in [6.07, 6.45) is 4.86. The van der Waals surface area contributed by atoms with E-state index in [4.69, 9.17) is 0 Å². The van der Waals surface area contributed by atoms with Gasteiger partial charge in [0.2, 0.25) is 0 Å². The molecule has 0 saturated carbocycles. The van der Waals surface area contributed by atoms with Crippen molar-refractivity contribution in [2.45, 2.75) is 39.5 Å². The van der Waals surface area contributed by atoms with Crippen LogP contribution in [0.2, 0.25) is 0 Å². The van der Waals surface area contributed by atoms with E-state index in [0.717, 1.165) is 0 Å². The Balaban J connectivity index is 0.000000451. The molecule has 4 aromatic carbocycles. The van der Waals surface area contributed by atoms with Gasteiger partial charge in [-0.25, -0.2) is 0 Å². The van der Waals surface area contributed by atoms with E-state index in [1.807, 2.05) is 0 Å². The fraction of sp³-hybridized carbons (Fsp3) is 0.250. The molecule has 0 atom stereocenters. The van der Waals surface area contributed by atoms with E-state index in [9.17, 15) is 0 Å². The van der Waals surface area contributed by atoms with E-state index in [-0.39, 0.29) is 51.0 Å². The van der Waals surface area contributed by atoms with Crippen LogP contribution in [0.1, 0.15) is 37.8 Å². The Morgan fingerprint density at radius 3 is 1.33 bits per heavy atom. The molecule has 3 heteroatoms. The Morgan fingerprint density at radius 1 is 0.593 bits per heavy atom. The van der Waals surface area contributed by atoms with Gasteiger partial charge >= 0.3 is 26.2 Å². The molecule has 0 aliphatic rings. The molecular weight excluding hydrogens is 450 g/mol. The van der Waals surface area contributed by atoms with Crippen molar-refractivity contribution in [1.29, 1.82) is 0 Å². The molecule has 4 aromatic rings. The molecule has 27 heavy (non-hydrogen) atoms. The van der Waals surface area contributed by atoms with Crippen LogP contribution in [-0.2, 0) is 39.0 Å². The maximum Gasteiger partial charge on any atom is 4.00 e. The molecule has 0 radical (unpaired) electrons. The van der Waals surface area contributed by atoms with E-state index >= 15 is 0 Å². The van der Waals surface area contributed by atoms with Gasteiger partial charge < -0.3 is 24.8 Å². The van der Waals surface area contributed by atoms with Crippen molar-refractivity contribution < 1.29 is 51.0 Å². The van der Waals surface area contributed by atoms with Gasteiger partial charge in [0.25, 0.3) is 0 Å². The molecular formula is C24H26Cl2Zr. The van der Waals surface area contributed by atoms with Gasteiger partial charge in [-0.05, 0) is 0 Å². The number of hydrogen-bond donors (Lipinski definition) is 0. The minimum absolute atomic E-state index is 0. The SMILES string of the molecule is CCC[c-]1ccc2ccccc21.CCC[c-]1ccc2ccccc21.[Cl-].[Cl-].[Zr+4]. The molecule has 0 saturated heterocycles. The molecule has 0 heterocycles. The van der Waals surface area contributed by atoms with Crippen LogP contribution in [0.15, 0.2) is 72.8 Å². The molecule has 0 spiro atoms. The van der Waals surface area contributed by atoms with Crippen molar-refractivity contribution >= 4 is 21.5 Å². The summed E-state index contributed by atoms with van der Waals surface area (Å²) in [6.45, 7) is 4.45. The summed E-state index contributed by atoms with van der Waals surface area (Å²) < 4.78 is 0. The number of benzene rings is 2. The predicted octanol–water partition coefficient (Wildman–Crippen LogP) is 1.03. The number of rotatable bonds is 4. The topological polar surface area (TPSA) is 0 Å². The Bertz CT molecular complexity index is 829. The number of fused-ring (bicyclic) bond motifs is 2. The van der Waals surface area contributed by atoms with Crippen LogP contribution in [0.5, 0.6) is 0 Å². The molecule has 140 valence electrons. The molecule has 0 N–H and O–H groups in total. The average molecular weight is 477 g/mol. The van der Waals surface area contributed by atoms with Crippen LogP contribution >= 0.6 is 0 Å². The maximum atomic E-state index is 2.24. The Morgan fingerprint density at radius 2 is 0.963 bits per heavy atom. The van der Waals surface area contributed by atoms with Gasteiger partial charge in [-0.3, -0.25) is 0 Å². The minimum atomic E-state index is 0. The first kappa shape index (κ1) is 26.1. The second kappa shape index (κ2) is 13.3.